The Morgan fingerprint density at radius 2 is 2.12 bits per heavy atom. The minimum absolute atomic E-state index is 0.242. The van der Waals surface area contributed by atoms with Crippen LogP contribution in [0.2, 0.25) is 0 Å². The van der Waals surface area contributed by atoms with Crippen LogP contribution in [0.25, 0.3) is 17.0 Å². The van der Waals surface area contributed by atoms with E-state index in [2.05, 4.69) is 25.4 Å². The van der Waals surface area contributed by atoms with Gasteiger partial charge in [-0.3, -0.25) is 0 Å². The van der Waals surface area contributed by atoms with Crippen LogP contribution in [0.3, 0.4) is 0 Å². The van der Waals surface area contributed by atoms with Crippen LogP contribution in [-0.2, 0) is 0 Å². The lowest BCUT2D eigenvalue weighted by atomic mass is 10.2. The van der Waals surface area contributed by atoms with Crippen LogP contribution in [0.1, 0.15) is 12.1 Å². The van der Waals surface area contributed by atoms with E-state index < -0.39 is 12.6 Å². The highest BCUT2D eigenvalue weighted by atomic mass is 19.3. The molecule has 9 heteroatoms. The van der Waals surface area contributed by atoms with E-state index in [9.17, 15) is 13.2 Å². The summed E-state index contributed by atoms with van der Waals surface area (Å²) in [7, 11) is 0. The van der Waals surface area contributed by atoms with E-state index in [1.165, 1.54) is 22.8 Å². The SMILES string of the molecule is FC(F)c1ccc2ncc(-c3cccc(/N=C4/CNC[C@@H]4F)n3)n2n1. The summed E-state index contributed by atoms with van der Waals surface area (Å²) in [5, 5.41) is 6.81. The van der Waals surface area contributed by atoms with E-state index in [4.69, 9.17) is 0 Å². The molecule has 1 N–H and O–H groups in total. The molecule has 0 bridgehead atoms. The number of nitrogens with zero attached hydrogens (tertiary/aromatic N) is 5. The zero-order chi connectivity index (χ0) is 17.4. The first-order valence-electron chi connectivity index (χ1n) is 7.64. The number of imidazole rings is 1. The molecule has 0 aliphatic carbocycles. The Balaban J connectivity index is 1.76. The predicted molar refractivity (Wildman–Crippen MR) is 86.0 cm³/mol. The third-order valence-corrected chi connectivity index (χ3v) is 3.85. The number of fused-ring (bicyclic) bond motifs is 1. The van der Waals surface area contributed by atoms with E-state index in [0.717, 1.165) is 0 Å². The van der Waals surface area contributed by atoms with Gasteiger partial charge in [-0.15, -0.1) is 0 Å². The molecule has 4 rings (SSSR count). The largest absolute Gasteiger partial charge is 0.308 e. The maximum absolute atomic E-state index is 13.7. The highest BCUT2D eigenvalue weighted by Gasteiger charge is 2.21. The predicted octanol–water partition coefficient (Wildman–Crippen LogP) is 2.74. The van der Waals surface area contributed by atoms with E-state index >= 15 is 0 Å². The Labute approximate surface area is 140 Å². The summed E-state index contributed by atoms with van der Waals surface area (Å²) in [6.45, 7) is 0.619. The highest BCUT2D eigenvalue weighted by Crippen LogP contribution is 2.23. The first-order chi connectivity index (χ1) is 12.1. The van der Waals surface area contributed by atoms with Crippen molar-refractivity contribution in [3.05, 3.63) is 42.2 Å². The molecule has 3 aromatic rings. The lowest BCUT2D eigenvalue weighted by Crippen LogP contribution is -2.11. The van der Waals surface area contributed by atoms with Crippen LogP contribution >= 0.6 is 0 Å². The van der Waals surface area contributed by atoms with Crippen LogP contribution in [-0.4, -0.2) is 44.6 Å². The van der Waals surface area contributed by atoms with Crippen LogP contribution in [0.4, 0.5) is 19.0 Å². The van der Waals surface area contributed by atoms with E-state index in [1.54, 1.807) is 18.2 Å². The third-order valence-electron chi connectivity index (χ3n) is 3.85. The van der Waals surface area contributed by atoms with Gasteiger partial charge in [0.2, 0.25) is 0 Å². The topological polar surface area (TPSA) is 67.5 Å². The molecule has 1 aliphatic heterocycles. The number of rotatable bonds is 3. The van der Waals surface area contributed by atoms with Crippen LogP contribution < -0.4 is 5.32 Å². The molecule has 0 aromatic carbocycles. The zero-order valence-corrected chi connectivity index (χ0v) is 12.9. The molecule has 0 unspecified atom stereocenters. The van der Waals surface area contributed by atoms with Gasteiger partial charge in [-0.05, 0) is 24.3 Å². The number of nitrogens with one attached hydrogen (secondary N) is 1. The number of hydrogen-bond donors (Lipinski definition) is 1. The Hall–Kier alpha value is -2.81. The Morgan fingerprint density at radius 1 is 1.24 bits per heavy atom. The second-order valence-electron chi connectivity index (χ2n) is 5.55. The molecular formula is C16H13F3N6. The average Bonchev–Trinajstić information content (AvgIpc) is 3.21. The van der Waals surface area contributed by atoms with Crippen LogP contribution in [0.15, 0.2) is 41.5 Å². The molecule has 1 aliphatic rings. The fourth-order valence-electron chi connectivity index (χ4n) is 2.62. The molecule has 4 heterocycles. The van der Waals surface area contributed by atoms with Gasteiger partial charge in [0.1, 0.15) is 11.4 Å². The summed E-state index contributed by atoms with van der Waals surface area (Å²) in [5.41, 5.74) is 1.40. The summed E-state index contributed by atoms with van der Waals surface area (Å²) in [5.74, 6) is 0.346. The summed E-state index contributed by atoms with van der Waals surface area (Å²) in [6, 6.07) is 7.78. The van der Waals surface area contributed by atoms with Crippen molar-refractivity contribution in [3.63, 3.8) is 0 Å². The fraction of sp³-hybridized carbons (Fsp3) is 0.250. The first kappa shape index (κ1) is 15.7. The lowest BCUT2D eigenvalue weighted by molar-refractivity contribution is 0.144. The van der Waals surface area contributed by atoms with Crippen molar-refractivity contribution >= 4 is 17.2 Å². The molecule has 1 atom stereocenters. The molecule has 6 nitrogen and oxygen atoms in total. The number of aromatic nitrogens is 4. The summed E-state index contributed by atoms with van der Waals surface area (Å²) in [4.78, 5) is 12.8. The van der Waals surface area contributed by atoms with E-state index in [-0.39, 0.29) is 12.2 Å². The lowest BCUT2D eigenvalue weighted by Gasteiger charge is -2.04. The van der Waals surface area contributed by atoms with Crippen LogP contribution in [0.5, 0.6) is 0 Å². The fourth-order valence-corrected chi connectivity index (χ4v) is 2.62. The van der Waals surface area contributed by atoms with Crippen molar-refractivity contribution in [2.24, 2.45) is 4.99 Å². The highest BCUT2D eigenvalue weighted by molar-refractivity contribution is 5.94. The number of hydrogen-bond acceptors (Lipinski definition) is 5. The third kappa shape index (κ3) is 2.98. The average molecular weight is 346 g/mol. The van der Waals surface area contributed by atoms with E-state index in [0.29, 0.717) is 35.1 Å². The normalized spacial score (nSPS) is 19.4. The minimum atomic E-state index is -2.68. The van der Waals surface area contributed by atoms with Crippen molar-refractivity contribution in [2.45, 2.75) is 12.6 Å². The second-order valence-corrected chi connectivity index (χ2v) is 5.55. The van der Waals surface area contributed by atoms with Crippen molar-refractivity contribution in [3.8, 4) is 11.4 Å². The Bertz CT molecular complexity index is 952. The van der Waals surface area contributed by atoms with Gasteiger partial charge in [-0.1, -0.05) is 6.07 Å². The van der Waals surface area contributed by atoms with Gasteiger partial charge in [-0.2, -0.15) is 5.10 Å². The monoisotopic (exact) mass is 346 g/mol. The standard InChI is InChI=1S/C16H13F3N6/c17-9-6-20-7-12(9)23-14-3-1-2-10(22-14)13-8-21-15-5-4-11(16(18)19)24-25(13)15/h1-5,8-9,16,20H,6-7H2/b23-12-/t9-/m0/s1. The minimum Gasteiger partial charge on any atom is -0.308 e. The molecule has 0 saturated carbocycles. The van der Waals surface area contributed by atoms with Gasteiger partial charge < -0.3 is 5.32 Å². The molecule has 128 valence electrons. The van der Waals surface area contributed by atoms with Gasteiger partial charge in [0.05, 0.1) is 17.6 Å². The van der Waals surface area contributed by atoms with E-state index in [1.807, 2.05) is 0 Å². The molecule has 0 spiro atoms. The van der Waals surface area contributed by atoms with Crippen LogP contribution in [0, 0.1) is 0 Å². The van der Waals surface area contributed by atoms with Crippen molar-refractivity contribution in [1.29, 1.82) is 0 Å². The Morgan fingerprint density at radius 3 is 2.88 bits per heavy atom. The molecule has 1 fully saturated rings. The smallest absolute Gasteiger partial charge is 0.282 e. The number of halogens is 3. The summed E-state index contributed by atoms with van der Waals surface area (Å²) in [6.07, 6.45) is -2.30. The molecule has 1 saturated heterocycles. The summed E-state index contributed by atoms with van der Waals surface area (Å²) < 4.78 is 40.8. The maximum Gasteiger partial charge on any atom is 0.282 e. The number of alkyl halides is 3. The van der Waals surface area contributed by atoms with Crippen molar-refractivity contribution in [2.75, 3.05) is 13.1 Å². The number of pyridine rings is 1. The molecule has 25 heavy (non-hydrogen) atoms. The molecule has 0 amide bonds. The molecule has 3 aromatic heterocycles. The summed E-state index contributed by atoms with van der Waals surface area (Å²) >= 11 is 0. The zero-order valence-electron chi connectivity index (χ0n) is 12.9. The first-order valence-corrected chi connectivity index (χ1v) is 7.64. The van der Waals surface area contributed by atoms with Gasteiger partial charge in [0, 0.05) is 13.1 Å². The van der Waals surface area contributed by atoms with Gasteiger partial charge in [-0.25, -0.2) is 32.6 Å². The molecule has 0 radical (unpaired) electrons. The molecular weight excluding hydrogens is 333 g/mol. The number of aliphatic imine (C=N–C) groups is 1. The maximum atomic E-state index is 13.7. The quantitative estimate of drug-likeness (QED) is 0.792. The van der Waals surface area contributed by atoms with Gasteiger partial charge in [0.25, 0.3) is 6.43 Å². The van der Waals surface area contributed by atoms with Gasteiger partial charge >= 0.3 is 0 Å². The van der Waals surface area contributed by atoms with Crippen molar-refractivity contribution < 1.29 is 13.2 Å². The second kappa shape index (κ2) is 6.25. The van der Waals surface area contributed by atoms with Crippen molar-refractivity contribution in [1.82, 2.24) is 24.9 Å². The Kier molecular flexibility index (Phi) is 3.92. The van der Waals surface area contributed by atoms with Gasteiger partial charge in [0.15, 0.2) is 17.6 Å².